The summed E-state index contributed by atoms with van der Waals surface area (Å²) < 4.78 is 2.77. The van der Waals surface area contributed by atoms with E-state index in [1.54, 1.807) is 10.9 Å². The number of carbonyl (C=O) groups excluding carboxylic acids is 1. The third-order valence-corrected chi connectivity index (χ3v) is 4.06. The molecule has 3 rings (SSSR count). The lowest BCUT2D eigenvalue weighted by Gasteiger charge is -2.22. The zero-order valence-corrected chi connectivity index (χ0v) is 14.2. The van der Waals surface area contributed by atoms with Gasteiger partial charge in [-0.3, -0.25) is 4.79 Å². The number of carbonyl (C=O) groups is 1. The van der Waals surface area contributed by atoms with Gasteiger partial charge in [0.05, 0.1) is 12.2 Å². The van der Waals surface area contributed by atoms with Crippen LogP contribution in [0.4, 0.5) is 5.69 Å². The van der Waals surface area contributed by atoms with E-state index in [9.17, 15) is 4.79 Å². The number of hydrogen-bond acceptors (Lipinski definition) is 4. The second-order valence-corrected chi connectivity index (χ2v) is 5.94. The molecule has 0 spiro atoms. The van der Waals surface area contributed by atoms with Gasteiger partial charge in [-0.05, 0) is 50.2 Å². The van der Waals surface area contributed by atoms with Crippen molar-refractivity contribution in [3.8, 4) is 0 Å². The summed E-state index contributed by atoms with van der Waals surface area (Å²) in [5.74, 6) is -0.238. The van der Waals surface area contributed by atoms with Crippen molar-refractivity contribution in [2.75, 3.05) is 18.4 Å². The maximum absolute atomic E-state index is 12.1. The first-order valence-corrected chi connectivity index (χ1v) is 7.71. The minimum Gasteiger partial charge on any atom is -0.321 e. The minimum absolute atomic E-state index is 0. The maximum Gasteiger partial charge on any atom is 0.277 e. The van der Waals surface area contributed by atoms with Gasteiger partial charge in [-0.2, -0.15) is 0 Å². The van der Waals surface area contributed by atoms with Crippen molar-refractivity contribution in [2.24, 2.45) is 0 Å². The lowest BCUT2D eigenvalue weighted by Crippen LogP contribution is -2.29. The Kier molecular flexibility index (Phi) is 5.93. The first kappa shape index (κ1) is 16.9. The van der Waals surface area contributed by atoms with Crippen LogP contribution >= 0.6 is 28.3 Å². The number of aromatic nitrogens is 3. The molecule has 0 aliphatic carbocycles. The molecule has 1 aliphatic rings. The zero-order chi connectivity index (χ0) is 14.7. The number of rotatable bonds is 3. The van der Waals surface area contributed by atoms with Crippen LogP contribution in [-0.2, 0) is 0 Å². The average molecular weight is 387 g/mol. The Morgan fingerprint density at radius 2 is 1.95 bits per heavy atom. The van der Waals surface area contributed by atoms with Gasteiger partial charge in [0.2, 0.25) is 0 Å². The molecule has 1 amide bonds. The summed E-state index contributed by atoms with van der Waals surface area (Å²) in [5, 5.41) is 14.2. The predicted octanol–water partition coefficient (Wildman–Crippen LogP) is 2.64. The normalized spacial score (nSPS) is 15.1. The summed E-state index contributed by atoms with van der Waals surface area (Å²) in [6, 6.07) is 7.74. The van der Waals surface area contributed by atoms with Gasteiger partial charge in [0.15, 0.2) is 5.69 Å². The lowest BCUT2D eigenvalue weighted by molar-refractivity contribution is 0.102. The van der Waals surface area contributed by atoms with Crippen molar-refractivity contribution in [1.82, 2.24) is 20.3 Å². The van der Waals surface area contributed by atoms with Gasteiger partial charge in [-0.25, -0.2) is 4.68 Å². The third kappa shape index (κ3) is 4.06. The summed E-state index contributed by atoms with van der Waals surface area (Å²) >= 11 is 3.36. The van der Waals surface area contributed by atoms with Gasteiger partial charge in [0.1, 0.15) is 0 Å². The molecule has 6 nitrogen and oxygen atoms in total. The number of halogens is 2. The summed E-state index contributed by atoms with van der Waals surface area (Å²) in [4.78, 5) is 12.1. The fourth-order valence-electron chi connectivity index (χ4n) is 2.36. The van der Waals surface area contributed by atoms with E-state index in [4.69, 9.17) is 0 Å². The number of hydrogen-bond donors (Lipinski definition) is 2. The van der Waals surface area contributed by atoms with Crippen LogP contribution in [0.3, 0.4) is 0 Å². The van der Waals surface area contributed by atoms with E-state index < -0.39 is 0 Å². The van der Waals surface area contributed by atoms with Crippen LogP contribution in [0.15, 0.2) is 34.9 Å². The lowest BCUT2D eigenvalue weighted by atomic mass is 10.1. The van der Waals surface area contributed by atoms with E-state index in [2.05, 4.69) is 36.9 Å². The average Bonchev–Trinajstić information content (AvgIpc) is 3.00. The van der Waals surface area contributed by atoms with Gasteiger partial charge in [-0.15, -0.1) is 17.5 Å². The Morgan fingerprint density at radius 3 is 2.64 bits per heavy atom. The number of nitrogens with zero attached hydrogens (tertiary/aromatic N) is 3. The molecule has 1 aromatic heterocycles. The topological polar surface area (TPSA) is 71.8 Å². The largest absolute Gasteiger partial charge is 0.321 e. The maximum atomic E-state index is 12.1. The van der Waals surface area contributed by atoms with Gasteiger partial charge in [-0.1, -0.05) is 21.1 Å². The molecular formula is C14H17BrClN5O. The van der Waals surface area contributed by atoms with E-state index in [1.807, 2.05) is 24.3 Å². The first-order valence-electron chi connectivity index (χ1n) is 6.92. The molecule has 0 atom stereocenters. The van der Waals surface area contributed by atoms with Crippen LogP contribution in [0, 0.1) is 0 Å². The van der Waals surface area contributed by atoms with E-state index in [0.717, 1.165) is 36.1 Å². The fourth-order valence-corrected chi connectivity index (χ4v) is 2.62. The van der Waals surface area contributed by atoms with Crippen LogP contribution in [0.5, 0.6) is 0 Å². The highest BCUT2D eigenvalue weighted by atomic mass is 79.9. The summed E-state index contributed by atoms with van der Waals surface area (Å²) in [6.07, 6.45) is 3.75. The van der Waals surface area contributed by atoms with Crippen LogP contribution in [0.2, 0.25) is 0 Å². The molecule has 1 fully saturated rings. The Balaban J connectivity index is 0.00000176. The standard InChI is InChI=1S/C14H16BrN5O.ClH/c15-10-1-3-11(4-2-10)17-14(21)13-9-20(19-18-13)12-5-7-16-8-6-12;/h1-4,9,12,16H,5-8H2,(H,17,21);1H. The molecule has 118 valence electrons. The molecule has 2 heterocycles. The van der Waals surface area contributed by atoms with Crippen LogP contribution in [-0.4, -0.2) is 34.0 Å². The molecule has 0 bridgehead atoms. The highest BCUT2D eigenvalue weighted by Crippen LogP contribution is 2.18. The van der Waals surface area contributed by atoms with Crippen molar-refractivity contribution in [1.29, 1.82) is 0 Å². The smallest absolute Gasteiger partial charge is 0.277 e. The zero-order valence-electron chi connectivity index (χ0n) is 11.8. The Hall–Kier alpha value is -1.44. The molecule has 22 heavy (non-hydrogen) atoms. The van der Waals surface area contributed by atoms with E-state index >= 15 is 0 Å². The first-order chi connectivity index (χ1) is 10.2. The SMILES string of the molecule is Cl.O=C(Nc1ccc(Br)cc1)c1cn(C2CCNCC2)nn1. The van der Waals surface area contributed by atoms with Crippen LogP contribution in [0.1, 0.15) is 29.4 Å². The van der Waals surface area contributed by atoms with Gasteiger partial charge in [0.25, 0.3) is 5.91 Å². The van der Waals surface area contributed by atoms with Crippen LogP contribution < -0.4 is 10.6 Å². The number of benzene rings is 1. The molecule has 0 saturated carbocycles. The van der Waals surface area contributed by atoms with Gasteiger partial charge < -0.3 is 10.6 Å². The molecule has 0 unspecified atom stereocenters. The van der Waals surface area contributed by atoms with Crippen molar-refractivity contribution < 1.29 is 4.79 Å². The molecule has 0 radical (unpaired) electrons. The summed E-state index contributed by atoms with van der Waals surface area (Å²) in [7, 11) is 0. The number of amides is 1. The van der Waals surface area contributed by atoms with E-state index in [-0.39, 0.29) is 18.3 Å². The molecule has 2 aromatic rings. The number of nitrogens with one attached hydrogen (secondary N) is 2. The highest BCUT2D eigenvalue weighted by Gasteiger charge is 2.18. The monoisotopic (exact) mass is 385 g/mol. The van der Waals surface area contributed by atoms with Crippen molar-refractivity contribution in [2.45, 2.75) is 18.9 Å². The van der Waals surface area contributed by atoms with Gasteiger partial charge >= 0.3 is 0 Å². The molecule has 8 heteroatoms. The molecule has 1 aliphatic heterocycles. The quantitative estimate of drug-likeness (QED) is 0.850. The van der Waals surface area contributed by atoms with E-state index in [0.29, 0.717) is 11.7 Å². The Morgan fingerprint density at radius 1 is 1.27 bits per heavy atom. The van der Waals surface area contributed by atoms with Crippen molar-refractivity contribution >= 4 is 39.9 Å². The second-order valence-electron chi connectivity index (χ2n) is 5.03. The van der Waals surface area contributed by atoms with Crippen LogP contribution in [0.25, 0.3) is 0 Å². The highest BCUT2D eigenvalue weighted by molar-refractivity contribution is 9.10. The molecular weight excluding hydrogens is 370 g/mol. The molecule has 1 aromatic carbocycles. The molecule has 1 saturated heterocycles. The van der Waals surface area contributed by atoms with Crippen molar-refractivity contribution in [3.63, 3.8) is 0 Å². The van der Waals surface area contributed by atoms with E-state index in [1.165, 1.54) is 0 Å². The number of piperidine rings is 1. The number of anilines is 1. The fraction of sp³-hybridized carbons (Fsp3) is 0.357. The molecule has 2 N–H and O–H groups in total. The summed E-state index contributed by atoms with van der Waals surface area (Å²) in [6.45, 7) is 1.95. The minimum atomic E-state index is -0.238. The third-order valence-electron chi connectivity index (χ3n) is 3.53. The second kappa shape index (κ2) is 7.71. The Labute approximate surface area is 143 Å². The van der Waals surface area contributed by atoms with Crippen molar-refractivity contribution in [3.05, 3.63) is 40.6 Å². The predicted molar refractivity (Wildman–Crippen MR) is 90.5 cm³/mol. The van der Waals surface area contributed by atoms with Gasteiger partial charge in [0, 0.05) is 10.2 Å². The Bertz CT molecular complexity index is 624. The summed E-state index contributed by atoms with van der Waals surface area (Å²) in [5.41, 5.74) is 1.08.